The third-order valence-electron chi connectivity index (χ3n) is 5.91. The van der Waals surface area contributed by atoms with Gasteiger partial charge in [-0.05, 0) is 22.4 Å². The van der Waals surface area contributed by atoms with Crippen LogP contribution in [0.4, 0.5) is 0 Å². The third-order valence-corrected chi connectivity index (χ3v) is 5.91. The van der Waals surface area contributed by atoms with Crippen molar-refractivity contribution in [1.82, 2.24) is 0 Å². The largest absolute Gasteiger partial charge is 0.365 e. The van der Waals surface area contributed by atoms with Gasteiger partial charge in [0.2, 0.25) is 0 Å². The summed E-state index contributed by atoms with van der Waals surface area (Å²) in [5.41, 5.74) is 2.12. The van der Waals surface area contributed by atoms with Crippen LogP contribution in [0.3, 0.4) is 0 Å². The van der Waals surface area contributed by atoms with E-state index in [1.165, 1.54) is 10.8 Å². The van der Waals surface area contributed by atoms with Crippen LogP contribution in [0.5, 0.6) is 0 Å². The highest BCUT2D eigenvalue weighted by molar-refractivity contribution is 5.83. The summed E-state index contributed by atoms with van der Waals surface area (Å²) in [4.78, 5) is 0. The van der Waals surface area contributed by atoms with Crippen LogP contribution in [0.1, 0.15) is 17.4 Å². The number of ether oxygens (including phenoxy) is 5. The molecule has 6 atom stereocenters. The summed E-state index contributed by atoms with van der Waals surface area (Å²) >= 11 is 0. The van der Waals surface area contributed by atoms with E-state index >= 15 is 0 Å². The van der Waals surface area contributed by atoms with Crippen LogP contribution in [0.2, 0.25) is 0 Å². The van der Waals surface area contributed by atoms with Crippen LogP contribution in [0.25, 0.3) is 10.8 Å². The molecule has 3 aromatic rings. The SMILES string of the molecule is c1ccc(CO[C@H]2[C@@H]3OC[C@@H](O3)[C@@H]3O[C@@H](c4ccc5ccccc5c4)O[C@@H]32)cc1. The van der Waals surface area contributed by atoms with Crippen molar-refractivity contribution >= 4 is 10.8 Å². The van der Waals surface area contributed by atoms with Gasteiger partial charge in [0.15, 0.2) is 12.6 Å². The Kier molecular flexibility index (Phi) is 4.36. The van der Waals surface area contributed by atoms with Gasteiger partial charge >= 0.3 is 0 Å². The van der Waals surface area contributed by atoms with Crippen LogP contribution >= 0.6 is 0 Å². The molecular formula is C24H22O5. The van der Waals surface area contributed by atoms with E-state index in [4.69, 9.17) is 23.7 Å². The maximum absolute atomic E-state index is 6.37. The van der Waals surface area contributed by atoms with Gasteiger partial charge in [0.05, 0.1) is 13.2 Å². The van der Waals surface area contributed by atoms with Gasteiger partial charge < -0.3 is 23.7 Å². The molecule has 0 spiro atoms. The average molecular weight is 390 g/mol. The first-order valence-electron chi connectivity index (χ1n) is 10.1. The van der Waals surface area contributed by atoms with Crippen molar-refractivity contribution in [3.05, 3.63) is 83.9 Å². The molecule has 0 radical (unpaired) electrons. The Morgan fingerprint density at radius 2 is 1.59 bits per heavy atom. The van der Waals surface area contributed by atoms with Gasteiger partial charge in [-0.15, -0.1) is 0 Å². The summed E-state index contributed by atoms with van der Waals surface area (Å²) in [6.45, 7) is 0.984. The van der Waals surface area contributed by atoms with Gasteiger partial charge in [0, 0.05) is 5.56 Å². The summed E-state index contributed by atoms with van der Waals surface area (Å²) in [5, 5.41) is 2.37. The Hall–Kier alpha value is -2.28. The minimum absolute atomic E-state index is 0.118. The second kappa shape index (κ2) is 7.20. The van der Waals surface area contributed by atoms with Gasteiger partial charge in [-0.25, -0.2) is 0 Å². The topological polar surface area (TPSA) is 46.2 Å². The van der Waals surface area contributed by atoms with Crippen molar-refractivity contribution in [1.29, 1.82) is 0 Å². The fourth-order valence-corrected chi connectivity index (χ4v) is 4.43. The second-order valence-corrected chi connectivity index (χ2v) is 7.78. The second-order valence-electron chi connectivity index (χ2n) is 7.78. The van der Waals surface area contributed by atoms with E-state index in [-0.39, 0.29) is 24.4 Å². The molecule has 0 saturated carbocycles. The predicted molar refractivity (Wildman–Crippen MR) is 106 cm³/mol. The van der Waals surface area contributed by atoms with Crippen LogP contribution in [-0.4, -0.2) is 37.3 Å². The first-order valence-corrected chi connectivity index (χ1v) is 10.1. The molecule has 3 aromatic carbocycles. The van der Waals surface area contributed by atoms with E-state index in [9.17, 15) is 0 Å². The van der Waals surface area contributed by atoms with Crippen LogP contribution in [0.15, 0.2) is 72.8 Å². The van der Waals surface area contributed by atoms with Gasteiger partial charge in [-0.2, -0.15) is 0 Å². The molecule has 5 heteroatoms. The lowest BCUT2D eigenvalue weighted by molar-refractivity contribution is -0.223. The van der Waals surface area contributed by atoms with Crippen molar-refractivity contribution in [2.24, 2.45) is 0 Å². The first-order chi connectivity index (χ1) is 14.3. The van der Waals surface area contributed by atoms with E-state index in [1.54, 1.807) is 0 Å². The minimum Gasteiger partial charge on any atom is -0.365 e. The normalized spacial score (nSPS) is 33.1. The monoisotopic (exact) mass is 390 g/mol. The lowest BCUT2D eigenvalue weighted by Crippen LogP contribution is -2.53. The maximum Gasteiger partial charge on any atom is 0.187 e. The molecule has 3 aliphatic heterocycles. The summed E-state index contributed by atoms with van der Waals surface area (Å²) in [5.74, 6) is 0. The highest BCUT2D eigenvalue weighted by atomic mass is 16.8. The van der Waals surface area contributed by atoms with E-state index in [0.29, 0.717) is 13.2 Å². The predicted octanol–water partition coefficient (Wildman–Crippen LogP) is 3.96. The number of hydrogen-bond acceptors (Lipinski definition) is 5. The molecule has 148 valence electrons. The molecule has 3 heterocycles. The fraction of sp³-hybridized carbons (Fsp3) is 0.333. The van der Waals surface area contributed by atoms with Crippen LogP contribution in [-0.2, 0) is 30.3 Å². The van der Waals surface area contributed by atoms with Crippen LogP contribution < -0.4 is 0 Å². The maximum atomic E-state index is 6.37. The van der Waals surface area contributed by atoms with Gasteiger partial charge in [-0.1, -0.05) is 66.7 Å². The lowest BCUT2D eigenvalue weighted by atomic mass is 10.0. The first kappa shape index (κ1) is 17.6. The van der Waals surface area contributed by atoms with E-state index in [1.807, 2.05) is 42.5 Å². The quantitative estimate of drug-likeness (QED) is 0.675. The molecule has 3 aliphatic rings. The molecule has 29 heavy (non-hydrogen) atoms. The highest BCUT2D eigenvalue weighted by Gasteiger charge is 2.57. The zero-order chi connectivity index (χ0) is 19.2. The molecule has 5 nitrogen and oxygen atoms in total. The zero-order valence-electron chi connectivity index (χ0n) is 15.8. The number of benzene rings is 3. The minimum atomic E-state index is -0.430. The Balaban J connectivity index is 1.24. The zero-order valence-corrected chi connectivity index (χ0v) is 15.8. The fourth-order valence-electron chi connectivity index (χ4n) is 4.43. The summed E-state index contributed by atoms with van der Waals surface area (Å²) < 4.78 is 30.7. The van der Waals surface area contributed by atoms with E-state index in [2.05, 4.69) is 30.3 Å². The molecule has 0 aromatic heterocycles. The van der Waals surface area contributed by atoms with Crippen molar-refractivity contribution < 1.29 is 23.7 Å². The molecule has 6 rings (SSSR count). The number of hydrogen-bond donors (Lipinski definition) is 0. The molecular weight excluding hydrogens is 368 g/mol. The van der Waals surface area contributed by atoms with Crippen molar-refractivity contribution in [2.45, 2.75) is 43.6 Å². The smallest absolute Gasteiger partial charge is 0.187 e. The molecule has 2 bridgehead atoms. The Morgan fingerprint density at radius 1 is 0.793 bits per heavy atom. The number of fused-ring (bicyclic) bond motifs is 5. The highest BCUT2D eigenvalue weighted by Crippen LogP contribution is 2.43. The van der Waals surface area contributed by atoms with Crippen LogP contribution in [0, 0.1) is 0 Å². The summed E-state index contributed by atoms with van der Waals surface area (Å²) in [6.07, 6.45) is -1.71. The van der Waals surface area contributed by atoms with E-state index < -0.39 is 12.6 Å². The molecule has 0 aliphatic carbocycles. The molecule has 0 amide bonds. The van der Waals surface area contributed by atoms with Gasteiger partial charge in [0.25, 0.3) is 0 Å². The van der Waals surface area contributed by atoms with Crippen molar-refractivity contribution in [3.63, 3.8) is 0 Å². The van der Waals surface area contributed by atoms with Gasteiger partial charge in [0.1, 0.15) is 24.4 Å². The molecule has 0 unspecified atom stereocenters. The van der Waals surface area contributed by atoms with Crippen molar-refractivity contribution in [2.75, 3.05) is 6.61 Å². The average Bonchev–Trinajstić information content (AvgIpc) is 3.41. The lowest BCUT2D eigenvalue weighted by Gasteiger charge is -2.34. The number of rotatable bonds is 4. The van der Waals surface area contributed by atoms with Gasteiger partial charge in [-0.3, -0.25) is 0 Å². The Morgan fingerprint density at radius 3 is 2.48 bits per heavy atom. The molecule has 0 N–H and O–H groups in total. The summed E-state index contributed by atoms with van der Waals surface area (Å²) in [7, 11) is 0. The third kappa shape index (κ3) is 3.16. The van der Waals surface area contributed by atoms with Crippen molar-refractivity contribution in [3.8, 4) is 0 Å². The Bertz CT molecular complexity index is 1010. The van der Waals surface area contributed by atoms with E-state index in [0.717, 1.165) is 11.1 Å². The standard InChI is InChI=1S/C24H22O5/c1-2-6-15(7-3-1)13-25-22-21-20(19-14-26-24(22)27-19)28-23(29-21)18-11-10-16-8-4-5-9-17(16)12-18/h1-12,19-24H,13-14H2/t19-,20+,21+,22-,23-,24-/m1/s1. The molecule has 3 saturated heterocycles. The molecule has 3 fully saturated rings. The summed E-state index contributed by atoms with van der Waals surface area (Å²) in [6, 6.07) is 24.7. The Labute approximate surface area is 169 Å².